The monoisotopic (exact) mass is 430 g/mol. The van der Waals surface area contributed by atoms with Gasteiger partial charge in [0, 0.05) is 5.56 Å². The van der Waals surface area contributed by atoms with Crippen LogP contribution in [0.3, 0.4) is 0 Å². The van der Waals surface area contributed by atoms with Crippen LogP contribution in [0.4, 0.5) is 11.4 Å². The maximum atomic E-state index is 13.7. The van der Waals surface area contributed by atoms with E-state index in [-0.39, 0.29) is 17.4 Å². The molecule has 0 radical (unpaired) electrons. The van der Waals surface area contributed by atoms with Gasteiger partial charge in [0.15, 0.2) is 17.6 Å². The van der Waals surface area contributed by atoms with Gasteiger partial charge in [-0.2, -0.15) is 0 Å². The number of rotatable bonds is 4. The van der Waals surface area contributed by atoms with E-state index in [0.717, 1.165) is 5.56 Å². The second-order valence-electron chi connectivity index (χ2n) is 7.85. The van der Waals surface area contributed by atoms with Crippen LogP contribution in [0.1, 0.15) is 17.2 Å². The molecule has 2 fully saturated rings. The quantitative estimate of drug-likeness (QED) is 0.635. The van der Waals surface area contributed by atoms with Gasteiger partial charge in [-0.05, 0) is 36.8 Å². The van der Waals surface area contributed by atoms with Crippen LogP contribution < -0.4 is 14.7 Å². The Morgan fingerprint density at radius 3 is 2.34 bits per heavy atom. The first-order valence-electron chi connectivity index (χ1n) is 10.3. The molecule has 2 amide bonds. The third-order valence-electron chi connectivity index (χ3n) is 6.05. The van der Waals surface area contributed by atoms with E-state index in [2.05, 4.69) is 0 Å². The van der Waals surface area contributed by atoms with Crippen molar-refractivity contribution in [3.05, 3.63) is 83.9 Å². The van der Waals surface area contributed by atoms with Gasteiger partial charge in [0.1, 0.15) is 12.0 Å². The van der Waals surface area contributed by atoms with Crippen LogP contribution in [0.25, 0.3) is 0 Å². The number of aromatic hydroxyl groups is 1. The SMILES string of the molecule is COc1cccc([C@@H]2[C@@H]3C(=O)N(c4ccccc4C)C(=O)[C@H]3ON2c2ccccc2)c1O. The van der Waals surface area contributed by atoms with Gasteiger partial charge in [0.05, 0.1) is 18.5 Å². The third-order valence-corrected chi connectivity index (χ3v) is 6.05. The fourth-order valence-electron chi connectivity index (χ4n) is 4.52. The molecule has 0 aromatic heterocycles. The van der Waals surface area contributed by atoms with Crippen LogP contribution in [-0.2, 0) is 14.4 Å². The molecule has 2 aliphatic rings. The number of carbonyl (C=O) groups excluding carboxylic acids is 2. The van der Waals surface area contributed by atoms with Crippen LogP contribution in [0.15, 0.2) is 72.8 Å². The molecule has 32 heavy (non-hydrogen) atoms. The number of phenols is 1. The number of amides is 2. The topological polar surface area (TPSA) is 79.3 Å². The molecule has 2 heterocycles. The fourth-order valence-corrected chi connectivity index (χ4v) is 4.52. The summed E-state index contributed by atoms with van der Waals surface area (Å²) in [6.45, 7) is 1.85. The van der Waals surface area contributed by atoms with E-state index < -0.39 is 24.0 Å². The van der Waals surface area contributed by atoms with Gasteiger partial charge in [0.2, 0.25) is 5.91 Å². The second kappa shape index (κ2) is 7.69. The first-order chi connectivity index (χ1) is 15.5. The molecule has 0 aliphatic carbocycles. The summed E-state index contributed by atoms with van der Waals surface area (Å²) in [4.78, 5) is 34.4. The predicted octanol–water partition coefficient (Wildman–Crippen LogP) is 3.76. The lowest BCUT2D eigenvalue weighted by molar-refractivity contribution is -0.126. The van der Waals surface area contributed by atoms with Crippen molar-refractivity contribution in [3.63, 3.8) is 0 Å². The van der Waals surface area contributed by atoms with E-state index in [1.165, 1.54) is 12.0 Å². The number of nitrogens with zero attached hydrogens (tertiary/aromatic N) is 2. The van der Waals surface area contributed by atoms with Crippen molar-refractivity contribution < 1.29 is 24.3 Å². The van der Waals surface area contributed by atoms with Gasteiger partial charge in [-0.25, -0.2) is 9.96 Å². The lowest BCUT2D eigenvalue weighted by Crippen LogP contribution is -2.37. The summed E-state index contributed by atoms with van der Waals surface area (Å²) in [5.74, 6) is -1.41. The molecule has 0 unspecified atom stereocenters. The van der Waals surface area contributed by atoms with Crippen molar-refractivity contribution in [2.45, 2.75) is 19.1 Å². The minimum Gasteiger partial charge on any atom is -0.504 e. The highest BCUT2D eigenvalue weighted by atomic mass is 16.7. The van der Waals surface area contributed by atoms with E-state index in [0.29, 0.717) is 16.9 Å². The van der Waals surface area contributed by atoms with E-state index in [1.54, 1.807) is 35.4 Å². The Kier molecular flexibility index (Phi) is 4.83. The summed E-state index contributed by atoms with van der Waals surface area (Å²) < 4.78 is 5.28. The molecule has 2 saturated heterocycles. The highest BCUT2D eigenvalue weighted by Gasteiger charge is 2.61. The van der Waals surface area contributed by atoms with Crippen molar-refractivity contribution in [1.29, 1.82) is 0 Å². The first-order valence-corrected chi connectivity index (χ1v) is 10.3. The standard InChI is InChI=1S/C25H22N2O5/c1-15-9-6-7-13-18(15)26-24(29)20-21(17-12-8-14-19(31-2)22(17)28)27(32-23(20)25(26)30)16-10-4-3-5-11-16/h3-14,20-21,23,28H,1-2H3/t20-,21+,23-/m0/s1. The maximum absolute atomic E-state index is 13.7. The summed E-state index contributed by atoms with van der Waals surface area (Å²) in [6.07, 6.45) is -1.00. The molecule has 0 bridgehead atoms. The number of hydroxylamine groups is 1. The lowest BCUT2D eigenvalue weighted by atomic mass is 9.90. The predicted molar refractivity (Wildman–Crippen MR) is 118 cm³/mol. The summed E-state index contributed by atoms with van der Waals surface area (Å²) >= 11 is 0. The Hall–Kier alpha value is -3.84. The first kappa shape index (κ1) is 20.1. The normalized spacial score (nSPS) is 22.4. The average molecular weight is 430 g/mol. The zero-order chi connectivity index (χ0) is 22.4. The Morgan fingerprint density at radius 1 is 0.906 bits per heavy atom. The number of carbonyl (C=O) groups is 2. The van der Waals surface area contributed by atoms with Gasteiger partial charge < -0.3 is 9.84 Å². The molecule has 3 aromatic carbocycles. The average Bonchev–Trinajstić information content (AvgIpc) is 3.31. The number of phenolic OH excluding ortho intramolecular Hbond substituents is 1. The summed E-state index contributed by atoms with van der Waals surface area (Å²) in [7, 11) is 1.46. The van der Waals surface area contributed by atoms with Gasteiger partial charge in [0.25, 0.3) is 5.91 Å². The van der Waals surface area contributed by atoms with Crippen LogP contribution in [0.2, 0.25) is 0 Å². The highest BCUT2D eigenvalue weighted by molar-refractivity contribution is 6.24. The molecule has 0 saturated carbocycles. The fraction of sp³-hybridized carbons (Fsp3) is 0.200. The van der Waals surface area contributed by atoms with E-state index in [4.69, 9.17) is 9.57 Å². The maximum Gasteiger partial charge on any atom is 0.266 e. The van der Waals surface area contributed by atoms with Gasteiger partial charge in [-0.15, -0.1) is 0 Å². The summed E-state index contributed by atoms with van der Waals surface area (Å²) in [6, 6.07) is 20.9. The molecular weight excluding hydrogens is 408 g/mol. The highest BCUT2D eigenvalue weighted by Crippen LogP contribution is 2.50. The van der Waals surface area contributed by atoms with E-state index >= 15 is 0 Å². The minimum absolute atomic E-state index is 0.0835. The number of para-hydroxylation sites is 3. The van der Waals surface area contributed by atoms with Crippen LogP contribution in [-0.4, -0.2) is 30.1 Å². The van der Waals surface area contributed by atoms with Crippen molar-refractivity contribution in [2.24, 2.45) is 5.92 Å². The van der Waals surface area contributed by atoms with Crippen LogP contribution >= 0.6 is 0 Å². The number of fused-ring (bicyclic) bond motifs is 1. The van der Waals surface area contributed by atoms with Gasteiger partial charge in [-0.3, -0.25) is 14.4 Å². The van der Waals surface area contributed by atoms with Crippen molar-refractivity contribution in [3.8, 4) is 11.5 Å². The smallest absolute Gasteiger partial charge is 0.266 e. The molecule has 2 aliphatic heterocycles. The molecular formula is C25H22N2O5. The third kappa shape index (κ3) is 2.93. The Morgan fingerprint density at radius 2 is 1.62 bits per heavy atom. The van der Waals surface area contributed by atoms with Crippen molar-refractivity contribution in [1.82, 2.24) is 0 Å². The molecule has 7 nitrogen and oxygen atoms in total. The molecule has 162 valence electrons. The summed E-state index contributed by atoms with van der Waals surface area (Å²) in [5, 5.41) is 12.4. The van der Waals surface area contributed by atoms with Crippen LogP contribution in [0.5, 0.6) is 11.5 Å². The molecule has 0 spiro atoms. The van der Waals surface area contributed by atoms with Crippen LogP contribution in [0, 0.1) is 12.8 Å². The number of anilines is 2. The number of hydrogen-bond acceptors (Lipinski definition) is 6. The minimum atomic E-state index is -1.00. The van der Waals surface area contributed by atoms with Crippen molar-refractivity contribution >= 4 is 23.2 Å². The lowest BCUT2D eigenvalue weighted by Gasteiger charge is -2.29. The number of methoxy groups -OCH3 is 1. The number of hydrogen-bond donors (Lipinski definition) is 1. The molecule has 7 heteroatoms. The second-order valence-corrected chi connectivity index (χ2v) is 7.85. The molecule has 3 atom stereocenters. The van der Waals surface area contributed by atoms with E-state index in [9.17, 15) is 14.7 Å². The summed E-state index contributed by atoms with van der Waals surface area (Å²) in [5.41, 5.74) is 2.49. The number of benzene rings is 3. The largest absolute Gasteiger partial charge is 0.504 e. The van der Waals surface area contributed by atoms with E-state index in [1.807, 2.05) is 49.4 Å². The number of imide groups is 1. The van der Waals surface area contributed by atoms with Crippen molar-refractivity contribution in [2.75, 3.05) is 17.1 Å². The number of ether oxygens (including phenoxy) is 1. The zero-order valence-corrected chi connectivity index (χ0v) is 17.6. The Labute approximate surface area is 185 Å². The zero-order valence-electron chi connectivity index (χ0n) is 17.6. The molecule has 5 rings (SSSR count). The Balaban J connectivity index is 1.64. The Bertz CT molecular complexity index is 1200. The van der Waals surface area contributed by atoms with Gasteiger partial charge >= 0.3 is 0 Å². The molecule has 1 N–H and O–H groups in total. The number of aryl methyl sites for hydroxylation is 1. The van der Waals surface area contributed by atoms with Gasteiger partial charge in [-0.1, -0.05) is 48.5 Å². The molecule has 3 aromatic rings.